The predicted molar refractivity (Wildman–Crippen MR) is 54.5 cm³/mol. The largest absolute Gasteiger partial charge is 1.00 e. The number of hydrogen-bond acceptors (Lipinski definition) is 5. The van der Waals surface area contributed by atoms with Gasteiger partial charge in [0.15, 0.2) is 0 Å². The Bertz CT molecular complexity index is 252. The predicted octanol–water partition coefficient (Wildman–Crippen LogP) is -3.59. The number of alkyl carbamates (subject to hydrolysis) is 1. The maximum absolute atomic E-state index is 11.2. The zero-order valence-corrected chi connectivity index (χ0v) is 10.8. The summed E-state index contributed by atoms with van der Waals surface area (Å²) in [4.78, 5) is 21.9. The van der Waals surface area contributed by atoms with E-state index in [0.29, 0.717) is 0 Å². The Labute approximate surface area is 113 Å². The van der Waals surface area contributed by atoms with E-state index < -0.39 is 23.7 Å². The minimum absolute atomic E-state index is 0. The van der Waals surface area contributed by atoms with Crippen LogP contribution in [0.3, 0.4) is 0 Å². The van der Waals surface area contributed by atoms with Crippen LogP contribution in [0.2, 0.25) is 0 Å². The van der Waals surface area contributed by atoms with Crippen LogP contribution in [-0.4, -0.2) is 35.4 Å². The summed E-state index contributed by atoms with van der Waals surface area (Å²) in [5.74, 6) is -1.39. The molecular formula is C10H18LiNO5. The summed E-state index contributed by atoms with van der Waals surface area (Å²) in [5.41, 5.74) is -0.683. The fourth-order valence-electron chi connectivity index (χ4n) is 0.994. The number of ether oxygens (including phenoxy) is 1. The minimum Gasteiger partial charge on any atom is -0.548 e. The maximum atomic E-state index is 11.2. The Morgan fingerprint density at radius 1 is 1.41 bits per heavy atom. The molecular weight excluding hydrogens is 221 g/mol. The number of carboxylic acid groups (broad SMARTS) is 1. The van der Waals surface area contributed by atoms with Crippen molar-refractivity contribution in [2.75, 3.05) is 6.61 Å². The van der Waals surface area contributed by atoms with Crippen LogP contribution in [0.15, 0.2) is 0 Å². The second-order valence-electron chi connectivity index (χ2n) is 4.38. The van der Waals surface area contributed by atoms with Crippen LogP contribution in [-0.2, 0) is 9.53 Å². The summed E-state index contributed by atoms with van der Waals surface area (Å²) in [6, 6.07) is -1.14. The van der Waals surface area contributed by atoms with Gasteiger partial charge in [0.25, 0.3) is 0 Å². The maximum Gasteiger partial charge on any atom is 1.00 e. The average molecular weight is 239 g/mol. The number of amides is 1. The molecule has 1 unspecified atom stereocenters. The molecule has 0 aromatic carbocycles. The number of carbonyl (C=O) groups is 2. The molecule has 0 aliphatic carbocycles. The number of nitrogens with one attached hydrogen (secondary N) is 1. The van der Waals surface area contributed by atoms with Crippen molar-refractivity contribution in [3.63, 3.8) is 0 Å². The summed E-state index contributed by atoms with van der Waals surface area (Å²) in [6.07, 6.45) is -0.424. The molecule has 0 aromatic rings. The quantitative estimate of drug-likeness (QED) is 0.483. The van der Waals surface area contributed by atoms with Crippen molar-refractivity contribution in [2.45, 2.75) is 45.3 Å². The van der Waals surface area contributed by atoms with Crippen LogP contribution in [0.4, 0.5) is 4.79 Å². The van der Waals surface area contributed by atoms with Gasteiger partial charge in [0.1, 0.15) is 5.60 Å². The van der Waals surface area contributed by atoms with Crippen LogP contribution in [0.25, 0.3) is 0 Å². The second kappa shape index (κ2) is 8.40. The molecule has 0 aliphatic heterocycles. The first-order valence-corrected chi connectivity index (χ1v) is 5.07. The molecule has 0 rings (SSSR count). The monoisotopic (exact) mass is 239 g/mol. The summed E-state index contributed by atoms with van der Waals surface area (Å²) < 4.78 is 4.89. The molecule has 1 amide bonds. The third-order valence-corrected chi connectivity index (χ3v) is 1.63. The fourth-order valence-corrected chi connectivity index (χ4v) is 0.994. The number of carboxylic acids is 1. The van der Waals surface area contributed by atoms with Gasteiger partial charge in [-0.05, 0) is 33.6 Å². The molecule has 0 spiro atoms. The van der Waals surface area contributed by atoms with Gasteiger partial charge in [0.2, 0.25) is 0 Å². The molecule has 0 saturated carbocycles. The van der Waals surface area contributed by atoms with Crippen LogP contribution >= 0.6 is 0 Å². The van der Waals surface area contributed by atoms with E-state index in [-0.39, 0.29) is 38.3 Å². The fraction of sp³-hybridized carbons (Fsp3) is 0.800. The zero-order chi connectivity index (χ0) is 12.8. The Morgan fingerprint density at radius 2 is 1.94 bits per heavy atom. The molecule has 0 bridgehead atoms. The van der Waals surface area contributed by atoms with E-state index >= 15 is 0 Å². The molecule has 0 fully saturated rings. The van der Waals surface area contributed by atoms with Crippen molar-refractivity contribution >= 4 is 12.1 Å². The standard InChI is InChI=1S/C10H19NO5.Li/c1-10(2,3)16-9(15)11-7(8(13)14)5-4-6-12;/h7,12H,4-6H2,1-3H3,(H,11,15)(H,13,14);/q;+1/p-1. The van der Waals surface area contributed by atoms with Crippen molar-refractivity contribution in [1.29, 1.82) is 0 Å². The minimum atomic E-state index is -1.39. The molecule has 0 aromatic heterocycles. The van der Waals surface area contributed by atoms with Gasteiger partial charge in [0.05, 0.1) is 12.0 Å². The van der Waals surface area contributed by atoms with Crippen molar-refractivity contribution in [1.82, 2.24) is 5.32 Å². The number of aliphatic hydroxyl groups excluding tert-OH is 1. The van der Waals surface area contributed by atoms with Gasteiger partial charge in [0, 0.05) is 6.61 Å². The van der Waals surface area contributed by atoms with Crippen molar-refractivity contribution in [3.8, 4) is 0 Å². The summed E-state index contributed by atoms with van der Waals surface area (Å²) in [6.45, 7) is 4.89. The molecule has 0 heterocycles. The molecule has 94 valence electrons. The molecule has 1 atom stereocenters. The third kappa shape index (κ3) is 10.2. The number of rotatable bonds is 5. The van der Waals surface area contributed by atoms with Gasteiger partial charge in [-0.1, -0.05) is 0 Å². The van der Waals surface area contributed by atoms with Crippen LogP contribution in [0.5, 0.6) is 0 Å². The van der Waals surface area contributed by atoms with E-state index in [1.165, 1.54) is 0 Å². The average Bonchev–Trinajstić information content (AvgIpc) is 2.08. The smallest absolute Gasteiger partial charge is 0.548 e. The van der Waals surface area contributed by atoms with Gasteiger partial charge < -0.3 is 25.1 Å². The second-order valence-corrected chi connectivity index (χ2v) is 4.38. The Hall–Kier alpha value is -0.703. The topological polar surface area (TPSA) is 98.7 Å². The van der Waals surface area contributed by atoms with E-state index in [1.54, 1.807) is 20.8 Å². The van der Waals surface area contributed by atoms with Crippen LogP contribution < -0.4 is 29.3 Å². The van der Waals surface area contributed by atoms with E-state index in [1.807, 2.05) is 0 Å². The normalized spacial score (nSPS) is 12.2. The SMILES string of the molecule is CC(C)(C)OC(=O)NC(CCCO)C(=O)[O-].[Li+]. The van der Waals surface area contributed by atoms with Crippen molar-refractivity contribution in [2.24, 2.45) is 0 Å². The summed E-state index contributed by atoms with van der Waals surface area (Å²) >= 11 is 0. The number of aliphatic carboxylic acids is 1. The number of hydrogen-bond donors (Lipinski definition) is 2. The van der Waals surface area contributed by atoms with E-state index in [4.69, 9.17) is 9.84 Å². The van der Waals surface area contributed by atoms with Gasteiger partial charge in [-0.3, -0.25) is 0 Å². The van der Waals surface area contributed by atoms with Crippen molar-refractivity contribution in [3.05, 3.63) is 0 Å². The molecule has 6 nitrogen and oxygen atoms in total. The molecule has 17 heavy (non-hydrogen) atoms. The van der Waals surface area contributed by atoms with Gasteiger partial charge >= 0.3 is 25.0 Å². The van der Waals surface area contributed by atoms with Gasteiger partial charge in [-0.15, -0.1) is 0 Å². The van der Waals surface area contributed by atoms with Crippen molar-refractivity contribution < 1.29 is 43.4 Å². The molecule has 0 saturated heterocycles. The Balaban J connectivity index is 0. The van der Waals surface area contributed by atoms with Gasteiger partial charge in [-0.2, -0.15) is 0 Å². The molecule has 2 N–H and O–H groups in total. The Kier molecular flexibility index (Phi) is 9.22. The van der Waals surface area contributed by atoms with E-state index in [2.05, 4.69) is 5.32 Å². The zero-order valence-electron chi connectivity index (χ0n) is 10.8. The van der Waals surface area contributed by atoms with E-state index in [0.717, 1.165) is 0 Å². The summed E-state index contributed by atoms with van der Waals surface area (Å²) in [7, 11) is 0. The van der Waals surface area contributed by atoms with Gasteiger partial charge in [-0.25, -0.2) is 4.79 Å². The Morgan fingerprint density at radius 3 is 2.29 bits per heavy atom. The first-order valence-electron chi connectivity index (χ1n) is 5.07. The molecule has 7 heteroatoms. The van der Waals surface area contributed by atoms with E-state index in [9.17, 15) is 14.7 Å². The first-order chi connectivity index (χ1) is 7.26. The van der Waals surface area contributed by atoms with Crippen LogP contribution in [0, 0.1) is 0 Å². The molecule has 0 aliphatic rings. The molecule has 0 radical (unpaired) electrons. The summed E-state index contributed by atoms with van der Waals surface area (Å²) in [5, 5.41) is 21.4. The first kappa shape index (κ1) is 18.7. The van der Waals surface area contributed by atoms with Crippen LogP contribution in [0.1, 0.15) is 33.6 Å². The third-order valence-electron chi connectivity index (χ3n) is 1.63. The number of carbonyl (C=O) groups excluding carboxylic acids is 2. The number of aliphatic hydroxyl groups is 1.